The molecule has 0 heterocycles. The Bertz CT molecular complexity index is 277. The normalized spacial score (nSPS) is 12.1. The second-order valence-corrected chi connectivity index (χ2v) is 3.65. The molecule has 0 aliphatic carbocycles. The fraction of sp³-hybridized carbons (Fsp3) is 0.385. The van der Waals surface area contributed by atoms with Crippen LogP contribution in [0.25, 0.3) is 0 Å². The maximum absolute atomic E-state index is 4.03. The number of hydrogen-bond acceptors (Lipinski definition) is 1. The van der Waals surface area contributed by atoms with Gasteiger partial charge in [0.05, 0.1) is 0 Å². The van der Waals surface area contributed by atoms with Gasteiger partial charge >= 0.3 is 0 Å². The Hall–Kier alpha value is -1.24. The number of rotatable bonds is 5. The van der Waals surface area contributed by atoms with Crippen LogP contribution in [0.15, 0.2) is 42.6 Å². The Kier molecular flexibility index (Phi) is 4.24. The monoisotopic (exact) mass is 189 g/mol. The van der Waals surface area contributed by atoms with E-state index in [4.69, 9.17) is 0 Å². The highest BCUT2D eigenvalue weighted by molar-refractivity contribution is 5.17. The first-order valence-electron chi connectivity index (χ1n) is 5.20. The molecular weight excluding hydrogens is 170 g/mol. The highest BCUT2D eigenvalue weighted by Crippen LogP contribution is 2.12. The molecule has 0 bridgehead atoms. The smallest absolute Gasteiger partial charge is 0.0115 e. The third-order valence-corrected chi connectivity index (χ3v) is 2.38. The van der Waals surface area contributed by atoms with Crippen LogP contribution in [-0.4, -0.2) is 6.54 Å². The van der Waals surface area contributed by atoms with Crippen LogP contribution in [0.1, 0.15) is 19.4 Å². The van der Waals surface area contributed by atoms with E-state index in [-0.39, 0.29) is 0 Å². The van der Waals surface area contributed by atoms with E-state index in [0.29, 0.717) is 5.92 Å². The van der Waals surface area contributed by atoms with Gasteiger partial charge in [-0.05, 0) is 24.8 Å². The van der Waals surface area contributed by atoms with Crippen LogP contribution in [0.4, 0.5) is 0 Å². The van der Waals surface area contributed by atoms with Crippen LogP contribution in [-0.2, 0) is 6.42 Å². The summed E-state index contributed by atoms with van der Waals surface area (Å²) in [6, 6.07) is 10.5. The fourth-order valence-electron chi connectivity index (χ4n) is 1.49. The molecule has 0 aliphatic rings. The lowest BCUT2D eigenvalue weighted by molar-refractivity contribution is 0.614. The van der Waals surface area contributed by atoms with Crippen molar-refractivity contribution < 1.29 is 0 Å². The lowest BCUT2D eigenvalue weighted by Crippen LogP contribution is -2.18. The first-order valence-corrected chi connectivity index (χ1v) is 5.20. The van der Waals surface area contributed by atoms with Crippen molar-refractivity contribution in [1.29, 1.82) is 0 Å². The van der Waals surface area contributed by atoms with Gasteiger partial charge in [0.15, 0.2) is 0 Å². The Morgan fingerprint density at radius 2 is 2.00 bits per heavy atom. The molecule has 76 valence electrons. The van der Waals surface area contributed by atoms with E-state index in [2.05, 4.69) is 50.0 Å². The summed E-state index contributed by atoms with van der Waals surface area (Å²) in [5.41, 5.74) is 2.51. The van der Waals surface area contributed by atoms with E-state index >= 15 is 0 Å². The third kappa shape index (κ3) is 3.25. The largest absolute Gasteiger partial charge is 0.389 e. The molecule has 1 rings (SSSR count). The standard InChI is InChI=1S/C13H19N/c1-4-14-12(3)11(2)10-13-8-6-5-7-9-13/h5-9,11,14H,3-4,10H2,1-2H3/t11-/m0/s1. The lowest BCUT2D eigenvalue weighted by atomic mass is 9.99. The molecule has 1 nitrogen and oxygen atoms in total. The average molecular weight is 189 g/mol. The lowest BCUT2D eigenvalue weighted by Gasteiger charge is -2.15. The quantitative estimate of drug-likeness (QED) is 0.751. The van der Waals surface area contributed by atoms with E-state index in [1.54, 1.807) is 0 Å². The molecule has 0 amide bonds. The first kappa shape index (κ1) is 10.8. The molecule has 1 aromatic rings. The fourth-order valence-corrected chi connectivity index (χ4v) is 1.49. The first-order chi connectivity index (χ1) is 6.74. The zero-order chi connectivity index (χ0) is 10.4. The molecule has 0 fully saturated rings. The van der Waals surface area contributed by atoms with Crippen molar-refractivity contribution in [3.63, 3.8) is 0 Å². The summed E-state index contributed by atoms with van der Waals surface area (Å²) in [5, 5.41) is 3.27. The molecule has 1 N–H and O–H groups in total. The van der Waals surface area contributed by atoms with Gasteiger partial charge in [-0.2, -0.15) is 0 Å². The third-order valence-electron chi connectivity index (χ3n) is 2.38. The number of hydrogen-bond donors (Lipinski definition) is 1. The molecule has 0 radical (unpaired) electrons. The van der Waals surface area contributed by atoms with Crippen molar-refractivity contribution >= 4 is 0 Å². The summed E-state index contributed by atoms with van der Waals surface area (Å²) in [7, 11) is 0. The topological polar surface area (TPSA) is 12.0 Å². The Balaban J connectivity index is 2.49. The van der Waals surface area contributed by atoms with Gasteiger partial charge in [-0.1, -0.05) is 43.8 Å². The molecule has 14 heavy (non-hydrogen) atoms. The van der Waals surface area contributed by atoms with Crippen LogP contribution in [0.2, 0.25) is 0 Å². The summed E-state index contributed by atoms with van der Waals surface area (Å²) in [6.45, 7) is 9.29. The molecule has 0 unspecified atom stereocenters. The van der Waals surface area contributed by atoms with E-state index in [1.165, 1.54) is 5.56 Å². The van der Waals surface area contributed by atoms with Crippen molar-refractivity contribution in [1.82, 2.24) is 5.32 Å². The summed E-state index contributed by atoms with van der Waals surface area (Å²) in [4.78, 5) is 0. The van der Waals surface area contributed by atoms with Crippen LogP contribution >= 0.6 is 0 Å². The summed E-state index contributed by atoms with van der Waals surface area (Å²) < 4.78 is 0. The molecular formula is C13H19N. The minimum Gasteiger partial charge on any atom is -0.389 e. The van der Waals surface area contributed by atoms with Gasteiger partial charge in [-0.25, -0.2) is 0 Å². The van der Waals surface area contributed by atoms with Crippen molar-refractivity contribution in [3.05, 3.63) is 48.2 Å². The summed E-state index contributed by atoms with van der Waals surface area (Å²) in [5.74, 6) is 0.498. The van der Waals surface area contributed by atoms with Crippen molar-refractivity contribution in [3.8, 4) is 0 Å². The van der Waals surface area contributed by atoms with Crippen molar-refractivity contribution in [2.75, 3.05) is 6.54 Å². The SMILES string of the molecule is C=C(NCC)[C@@H](C)Cc1ccccc1. The van der Waals surface area contributed by atoms with Gasteiger partial charge in [0.2, 0.25) is 0 Å². The molecule has 0 saturated heterocycles. The zero-order valence-electron chi connectivity index (χ0n) is 9.09. The van der Waals surface area contributed by atoms with Gasteiger partial charge in [0, 0.05) is 12.2 Å². The summed E-state index contributed by atoms with van der Waals surface area (Å²) >= 11 is 0. The predicted molar refractivity (Wildman–Crippen MR) is 62.1 cm³/mol. The van der Waals surface area contributed by atoms with E-state index in [1.807, 2.05) is 6.07 Å². The van der Waals surface area contributed by atoms with Crippen LogP contribution in [0.3, 0.4) is 0 Å². The molecule has 0 aliphatic heterocycles. The van der Waals surface area contributed by atoms with Gasteiger partial charge in [-0.15, -0.1) is 0 Å². The predicted octanol–water partition coefficient (Wildman–Crippen LogP) is 2.99. The average Bonchev–Trinajstić information content (AvgIpc) is 2.19. The van der Waals surface area contributed by atoms with Crippen molar-refractivity contribution in [2.24, 2.45) is 5.92 Å². The second-order valence-electron chi connectivity index (χ2n) is 3.65. The zero-order valence-corrected chi connectivity index (χ0v) is 9.09. The van der Waals surface area contributed by atoms with Crippen LogP contribution < -0.4 is 5.32 Å². The minimum absolute atomic E-state index is 0.498. The highest BCUT2D eigenvalue weighted by Gasteiger charge is 2.05. The Labute approximate surface area is 86.8 Å². The van der Waals surface area contributed by atoms with E-state index in [0.717, 1.165) is 18.7 Å². The maximum atomic E-state index is 4.03. The molecule has 0 saturated carbocycles. The Morgan fingerprint density at radius 1 is 1.36 bits per heavy atom. The van der Waals surface area contributed by atoms with Gasteiger partial charge in [-0.3, -0.25) is 0 Å². The van der Waals surface area contributed by atoms with E-state index in [9.17, 15) is 0 Å². The molecule has 1 heteroatoms. The minimum atomic E-state index is 0.498. The van der Waals surface area contributed by atoms with Crippen LogP contribution in [0, 0.1) is 5.92 Å². The van der Waals surface area contributed by atoms with Crippen LogP contribution in [0.5, 0.6) is 0 Å². The number of allylic oxidation sites excluding steroid dienone is 1. The molecule has 0 spiro atoms. The van der Waals surface area contributed by atoms with Gasteiger partial charge in [0.25, 0.3) is 0 Å². The second kappa shape index (κ2) is 5.48. The van der Waals surface area contributed by atoms with E-state index < -0.39 is 0 Å². The summed E-state index contributed by atoms with van der Waals surface area (Å²) in [6.07, 6.45) is 1.06. The van der Waals surface area contributed by atoms with Crippen molar-refractivity contribution in [2.45, 2.75) is 20.3 Å². The molecule has 1 aromatic carbocycles. The molecule has 0 aromatic heterocycles. The highest BCUT2D eigenvalue weighted by atomic mass is 14.9. The van der Waals surface area contributed by atoms with Gasteiger partial charge in [0.1, 0.15) is 0 Å². The number of nitrogens with one attached hydrogen (secondary N) is 1. The Morgan fingerprint density at radius 3 is 2.57 bits per heavy atom. The van der Waals surface area contributed by atoms with Gasteiger partial charge < -0.3 is 5.32 Å². The number of benzene rings is 1. The molecule has 1 atom stereocenters. The maximum Gasteiger partial charge on any atom is 0.0115 e.